The summed E-state index contributed by atoms with van der Waals surface area (Å²) in [5, 5.41) is 11.6. The summed E-state index contributed by atoms with van der Waals surface area (Å²) in [5.74, 6) is 0. The zero-order valence-electron chi connectivity index (χ0n) is 11.5. The topological polar surface area (TPSA) is 43.4 Å². The van der Waals surface area contributed by atoms with Crippen molar-refractivity contribution < 1.29 is 17.9 Å². The number of halogens is 3. The minimum atomic E-state index is -4.55. The van der Waals surface area contributed by atoms with Crippen LogP contribution in [0.2, 0.25) is 0 Å². The second-order valence-corrected chi connectivity index (χ2v) is 6.02. The first-order chi connectivity index (χ1) is 10.9. The lowest BCUT2D eigenvalue weighted by Gasteiger charge is -2.09. The number of thiazole rings is 1. The second kappa shape index (κ2) is 4.45. The standard InChI is InChI=1S/C15H8F3N3OS/c1-20(22)11-6-8(15(16,17)18)7-12-13(11)23-14-19-9-4-2-3-5-10(9)21(12)14/h2-7H,1H2. The van der Waals surface area contributed by atoms with E-state index < -0.39 is 11.7 Å². The van der Waals surface area contributed by atoms with Crippen LogP contribution in [0, 0.1) is 5.21 Å². The van der Waals surface area contributed by atoms with Gasteiger partial charge < -0.3 is 5.21 Å². The molecule has 2 aromatic carbocycles. The first-order valence-electron chi connectivity index (χ1n) is 6.55. The summed E-state index contributed by atoms with van der Waals surface area (Å²) in [6.07, 6.45) is -4.55. The van der Waals surface area contributed by atoms with Crippen molar-refractivity contribution in [1.82, 2.24) is 9.38 Å². The number of aromatic nitrogens is 2. The third kappa shape index (κ3) is 1.98. The fourth-order valence-corrected chi connectivity index (χ4v) is 3.75. The van der Waals surface area contributed by atoms with E-state index in [1.54, 1.807) is 22.6 Å². The fourth-order valence-electron chi connectivity index (χ4n) is 2.61. The van der Waals surface area contributed by atoms with Gasteiger partial charge in [-0.25, -0.2) is 4.98 Å². The Kier molecular flexibility index (Phi) is 2.71. The van der Waals surface area contributed by atoms with Crippen molar-refractivity contribution >= 4 is 50.0 Å². The molecule has 0 N–H and O–H groups in total. The molecule has 0 aliphatic carbocycles. The van der Waals surface area contributed by atoms with E-state index >= 15 is 0 Å². The van der Waals surface area contributed by atoms with Gasteiger partial charge in [-0.3, -0.25) is 4.40 Å². The molecule has 2 heterocycles. The first kappa shape index (κ1) is 14.0. The summed E-state index contributed by atoms with van der Waals surface area (Å²) in [6, 6.07) is 9.02. The molecule has 0 saturated carbocycles. The van der Waals surface area contributed by atoms with Crippen molar-refractivity contribution in [2.24, 2.45) is 0 Å². The summed E-state index contributed by atoms with van der Waals surface area (Å²) < 4.78 is 41.7. The van der Waals surface area contributed by atoms with E-state index in [0.717, 1.165) is 23.5 Å². The predicted octanol–water partition coefficient (Wildman–Crippen LogP) is 4.56. The van der Waals surface area contributed by atoms with Gasteiger partial charge in [0.05, 0.1) is 22.1 Å². The van der Waals surface area contributed by atoms with Gasteiger partial charge in [0.2, 0.25) is 5.69 Å². The number of rotatable bonds is 1. The van der Waals surface area contributed by atoms with Crippen molar-refractivity contribution in [2.75, 3.05) is 0 Å². The Labute approximate surface area is 131 Å². The number of para-hydroxylation sites is 2. The van der Waals surface area contributed by atoms with E-state index in [0.29, 0.717) is 26.2 Å². The number of hydrogen-bond acceptors (Lipinski definition) is 3. The van der Waals surface area contributed by atoms with Crippen LogP contribution in [0.1, 0.15) is 5.56 Å². The molecule has 116 valence electrons. The van der Waals surface area contributed by atoms with Crippen LogP contribution in [-0.4, -0.2) is 20.8 Å². The summed E-state index contributed by atoms with van der Waals surface area (Å²) in [6.45, 7) is 3.19. The van der Waals surface area contributed by atoms with Gasteiger partial charge in [0.15, 0.2) is 4.96 Å². The smallest absolute Gasteiger partial charge is 0.416 e. The van der Waals surface area contributed by atoms with Crippen LogP contribution in [0.4, 0.5) is 18.9 Å². The Morgan fingerprint density at radius 3 is 2.61 bits per heavy atom. The van der Waals surface area contributed by atoms with Crippen molar-refractivity contribution in [1.29, 1.82) is 0 Å². The maximum absolute atomic E-state index is 13.1. The van der Waals surface area contributed by atoms with Crippen molar-refractivity contribution in [2.45, 2.75) is 6.18 Å². The van der Waals surface area contributed by atoms with E-state index in [4.69, 9.17) is 0 Å². The Morgan fingerprint density at radius 1 is 1.17 bits per heavy atom. The zero-order chi connectivity index (χ0) is 16.4. The van der Waals surface area contributed by atoms with Crippen molar-refractivity contribution in [3.05, 3.63) is 47.2 Å². The lowest BCUT2D eigenvalue weighted by molar-refractivity contribution is -0.348. The highest BCUT2D eigenvalue weighted by molar-refractivity contribution is 7.24. The van der Waals surface area contributed by atoms with Gasteiger partial charge in [0.1, 0.15) is 11.4 Å². The molecule has 0 aliphatic heterocycles. The summed E-state index contributed by atoms with van der Waals surface area (Å²) >= 11 is 1.16. The number of alkyl halides is 3. The van der Waals surface area contributed by atoms with Crippen LogP contribution in [0.15, 0.2) is 36.4 Å². The van der Waals surface area contributed by atoms with E-state index in [9.17, 15) is 18.4 Å². The van der Waals surface area contributed by atoms with E-state index in [2.05, 4.69) is 11.7 Å². The molecular formula is C15H8F3N3OS. The molecule has 0 bridgehead atoms. The molecule has 0 aliphatic rings. The molecule has 2 aromatic heterocycles. The molecule has 8 heteroatoms. The zero-order valence-corrected chi connectivity index (χ0v) is 12.3. The average Bonchev–Trinajstić information content (AvgIpc) is 3.00. The minimum Gasteiger partial charge on any atom is -0.619 e. The Hall–Kier alpha value is -2.61. The maximum atomic E-state index is 13.1. The molecule has 0 amide bonds. The van der Waals surface area contributed by atoms with E-state index in [1.807, 2.05) is 6.07 Å². The Bertz CT molecular complexity index is 1090. The number of nitrogens with zero attached hydrogens (tertiary/aromatic N) is 3. The number of imidazole rings is 1. The van der Waals surface area contributed by atoms with Gasteiger partial charge in [-0.2, -0.15) is 17.9 Å². The van der Waals surface area contributed by atoms with Gasteiger partial charge in [-0.1, -0.05) is 23.5 Å². The molecule has 0 saturated heterocycles. The maximum Gasteiger partial charge on any atom is 0.416 e. The molecule has 4 rings (SSSR count). The van der Waals surface area contributed by atoms with Crippen LogP contribution < -0.4 is 0 Å². The van der Waals surface area contributed by atoms with Gasteiger partial charge >= 0.3 is 6.18 Å². The highest BCUT2D eigenvalue weighted by Gasteiger charge is 2.33. The molecule has 0 fully saturated rings. The van der Waals surface area contributed by atoms with E-state index in [1.165, 1.54) is 0 Å². The summed E-state index contributed by atoms with van der Waals surface area (Å²) in [4.78, 5) is 4.94. The SMILES string of the molecule is C=[N+]([O-])c1cc(C(F)(F)F)cc2c1sc1nc3ccccc3n12. The largest absolute Gasteiger partial charge is 0.619 e. The summed E-state index contributed by atoms with van der Waals surface area (Å²) in [7, 11) is 0. The predicted molar refractivity (Wildman–Crippen MR) is 83.5 cm³/mol. The van der Waals surface area contributed by atoms with E-state index in [-0.39, 0.29) is 10.4 Å². The van der Waals surface area contributed by atoms with Crippen molar-refractivity contribution in [3.8, 4) is 0 Å². The van der Waals surface area contributed by atoms with Crippen LogP contribution >= 0.6 is 11.3 Å². The molecule has 23 heavy (non-hydrogen) atoms. The third-order valence-corrected chi connectivity index (χ3v) is 4.69. The molecule has 0 radical (unpaired) electrons. The molecule has 4 nitrogen and oxygen atoms in total. The monoisotopic (exact) mass is 335 g/mol. The first-order valence-corrected chi connectivity index (χ1v) is 7.36. The summed E-state index contributed by atoms with van der Waals surface area (Å²) in [5.41, 5.74) is 0.679. The van der Waals surface area contributed by atoms with Crippen LogP contribution in [0.25, 0.3) is 26.2 Å². The van der Waals surface area contributed by atoms with Crippen LogP contribution in [-0.2, 0) is 6.18 Å². The quantitative estimate of drug-likeness (QED) is 0.221. The normalized spacial score (nSPS) is 12.5. The molecule has 0 atom stereocenters. The van der Waals surface area contributed by atoms with Gasteiger partial charge in [-0.05, 0) is 18.2 Å². The lowest BCUT2D eigenvalue weighted by atomic mass is 10.1. The highest BCUT2D eigenvalue weighted by atomic mass is 32.1. The van der Waals surface area contributed by atoms with Gasteiger partial charge in [0, 0.05) is 6.07 Å². The molecular weight excluding hydrogens is 327 g/mol. The number of fused-ring (bicyclic) bond motifs is 5. The third-order valence-electron chi connectivity index (χ3n) is 3.61. The van der Waals surface area contributed by atoms with Gasteiger partial charge in [0.25, 0.3) is 0 Å². The van der Waals surface area contributed by atoms with Crippen LogP contribution in [0.3, 0.4) is 0 Å². The fraction of sp³-hybridized carbons (Fsp3) is 0.0667. The number of benzene rings is 2. The highest BCUT2D eigenvalue weighted by Crippen LogP contribution is 2.40. The second-order valence-electron chi connectivity index (χ2n) is 5.04. The Balaban J connectivity index is 2.22. The number of hydrogen-bond donors (Lipinski definition) is 0. The average molecular weight is 335 g/mol. The van der Waals surface area contributed by atoms with Crippen molar-refractivity contribution in [3.63, 3.8) is 0 Å². The van der Waals surface area contributed by atoms with Gasteiger partial charge in [-0.15, -0.1) is 0 Å². The minimum absolute atomic E-state index is 0.116. The molecule has 4 aromatic rings. The van der Waals surface area contributed by atoms with Crippen LogP contribution in [0.5, 0.6) is 0 Å². The Morgan fingerprint density at radius 2 is 1.91 bits per heavy atom. The lowest BCUT2D eigenvalue weighted by Crippen LogP contribution is -2.06. The molecule has 0 unspecified atom stereocenters. The molecule has 0 spiro atoms.